The van der Waals surface area contributed by atoms with Gasteiger partial charge in [0.15, 0.2) is 5.11 Å². The maximum absolute atomic E-state index is 12.9. The number of methoxy groups -OCH3 is 2. The quantitative estimate of drug-likeness (QED) is 0.625. The van der Waals surface area contributed by atoms with E-state index in [0.29, 0.717) is 23.0 Å². The van der Waals surface area contributed by atoms with E-state index >= 15 is 0 Å². The lowest BCUT2D eigenvalue weighted by atomic mass is 9.77. The van der Waals surface area contributed by atoms with Crippen LogP contribution in [0.2, 0.25) is 0 Å². The molecule has 0 saturated carbocycles. The highest BCUT2D eigenvalue weighted by Crippen LogP contribution is 2.51. The lowest BCUT2D eigenvalue weighted by molar-refractivity contribution is -0.158. The van der Waals surface area contributed by atoms with Gasteiger partial charge in [-0.15, -0.1) is 0 Å². The molecule has 28 heavy (non-hydrogen) atoms. The van der Waals surface area contributed by atoms with Crippen molar-refractivity contribution in [1.29, 1.82) is 0 Å². The van der Waals surface area contributed by atoms with Crippen molar-refractivity contribution in [2.75, 3.05) is 19.1 Å². The van der Waals surface area contributed by atoms with E-state index in [4.69, 9.17) is 26.4 Å². The minimum Gasteiger partial charge on any atom is -0.497 e. The molecule has 0 aliphatic carbocycles. The van der Waals surface area contributed by atoms with Crippen LogP contribution < -0.4 is 19.7 Å². The second kappa shape index (κ2) is 6.98. The molecule has 1 fully saturated rings. The van der Waals surface area contributed by atoms with Gasteiger partial charge in [0.2, 0.25) is 5.72 Å². The first-order valence-electron chi connectivity index (χ1n) is 9.16. The van der Waals surface area contributed by atoms with Gasteiger partial charge in [-0.3, -0.25) is 9.69 Å². The summed E-state index contributed by atoms with van der Waals surface area (Å²) in [4.78, 5) is 14.8. The van der Waals surface area contributed by atoms with Gasteiger partial charge >= 0.3 is 5.97 Å². The third kappa shape index (κ3) is 2.61. The number of hydrogen-bond acceptors (Lipinski definition) is 5. The average molecular weight is 398 g/mol. The van der Waals surface area contributed by atoms with Crippen LogP contribution in [0.1, 0.15) is 24.9 Å². The van der Waals surface area contributed by atoms with Crippen molar-refractivity contribution in [3.05, 3.63) is 54.1 Å². The number of para-hydroxylation sites is 1. The number of carbonyl (C=O) groups excluding carboxylic acids is 1. The number of ether oxygens (including phenoxy) is 3. The van der Waals surface area contributed by atoms with Crippen LogP contribution in [0.3, 0.4) is 0 Å². The number of fused-ring (bicyclic) bond motifs is 4. The highest BCUT2D eigenvalue weighted by atomic mass is 32.1. The van der Waals surface area contributed by atoms with E-state index in [0.717, 1.165) is 11.3 Å². The smallest absolute Gasteiger partial charge is 0.317 e. The van der Waals surface area contributed by atoms with Crippen LogP contribution in [-0.2, 0) is 9.53 Å². The molecule has 146 valence electrons. The topological polar surface area (TPSA) is 60.0 Å². The average Bonchev–Trinajstić information content (AvgIpc) is 2.73. The molecule has 0 amide bonds. The van der Waals surface area contributed by atoms with Gasteiger partial charge in [0, 0.05) is 17.7 Å². The van der Waals surface area contributed by atoms with Crippen molar-refractivity contribution >= 4 is 29.0 Å². The minimum absolute atomic E-state index is 0.351. The first kappa shape index (κ1) is 18.6. The standard InChI is InChI=1S/C21H22N2O4S/c1-4-21-17(19(24)26-3)18(15-12-14(25-2)10-11-16(15)27-21)22-20(28)23(21)13-8-6-5-7-9-13/h5-12,17-18H,4H2,1-3H3,(H,22,28)/t17-,18-,21-/m1/s1. The lowest BCUT2D eigenvalue weighted by Crippen LogP contribution is -2.72. The van der Waals surface area contributed by atoms with E-state index in [1.807, 2.05) is 60.4 Å². The van der Waals surface area contributed by atoms with Crippen molar-refractivity contribution in [2.45, 2.75) is 25.1 Å². The number of rotatable bonds is 4. The molecule has 2 aliphatic heterocycles. The van der Waals surface area contributed by atoms with Crippen LogP contribution in [0, 0.1) is 5.92 Å². The summed E-state index contributed by atoms with van der Waals surface area (Å²) in [7, 11) is 3.00. The molecular formula is C21H22N2O4S. The molecule has 0 unspecified atom stereocenters. The highest BCUT2D eigenvalue weighted by Gasteiger charge is 2.61. The van der Waals surface area contributed by atoms with Gasteiger partial charge in [0.25, 0.3) is 0 Å². The molecule has 1 saturated heterocycles. The number of carbonyl (C=O) groups is 1. The molecule has 1 N–H and O–H groups in total. The number of benzene rings is 2. The summed E-state index contributed by atoms with van der Waals surface area (Å²) < 4.78 is 17.1. The molecule has 2 bridgehead atoms. The molecule has 2 aromatic carbocycles. The Kier molecular flexibility index (Phi) is 4.63. The van der Waals surface area contributed by atoms with E-state index in [1.165, 1.54) is 7.11 Å². The Labute approximate surface area is 169 Å². The Morgan fingerprint density at radius 2 is 2.00 bits per heavy atom. The highest BCUT2D eigenvalue weighted by molar-refractivity contribution is 7.80. The molecule has 6 nitrogen and oxygen atoms in total. The van der Waals surface area contributed by atoms with Crippen molar-refractivity contribution < 1.29 is 19.0 Å². The van der Waals surface area contributed by atoms with Crippen LogP contribution in [0.4, 0.5) is 5.69 Å². The number of thiocarbonyl (C=S) groups is 1. The van der Waals surface area contributed by atoms with Gasteiger partial charge in [-0.05, 0) is 42.5 Å². The molecule has 3 atom stereocenters. The van der Waals surface area contributed by atoms with Crippen LogP contribution in [0.25, 0.3) is 0 Å². The van der Waals surface area contributed by atoms with E-state index in [1.54, 1.807) is 7.11 Å². The Morgan fingerprint density at radius 1 is 1.25 bits per heavy atom. The summed E-state index contributed by atoms with van der Waals surface area (Å²) in [6.45, 7) is 1.99. The van der Waals surface area contributed by atoms with Crippen molar-refractivity contribution in [1.82, 2.24) is 5.32 Å². The minimum atomic E-state index is -0.997. The van der Waals surface area contributed by atoms with Crippen LogP contribution in [-0.4, -0.2) is 31.0 Å². The van der Waals surface area contributed by atoms with Crippen molar-refractivity contribution in [3.8, 4) is 11.5 Å². The SMILES string of the molecule is CC[C@]12Oc3ccc(OC)cc3[C@@H](NC(=S)N1c1ccccc1)[C@@H]2C(=O)OC. The maximum Gasteiger partial charge on any atom is 0.317 e. The molecule has 4 rings (SSSR count). The summed E-state index contributed by atoms with van der Waals surface area (Å²) in [5.41, 5.74) is 0.684. The van der Waals surface area contributed by atoms with Gasteiger partial charge < -0.3 is 19.5 Å². The maximum atomic E-state index is 12.9. The summed E-state index contributed by atoms with van der Waals surface area (Å²) in [5.74, 6) is 0.419. The fourth-order valence-corrected chi connectivity index (χ4v) is 4.60. The molecule has 2 aliphatic rings. The number of nitrogens with zero attached hydrogens (tertiary/aromatic N) is 1. The molecule has 2 aromatic rings. The van der Waals surface area contributed by atoms with E-state index in [9.17, 15) is 4.79 Å². The van der Waals surface area contributed by atoms with Gasteiger partial charge in [0.05, 0.1) is 20.3 Å². The van der Waals surface area contributed by atoms with Gasteiger partial charge in [-0.25, -0.2) is 0 Å². The van der Waals surface area contributed by atoms with Crippen molar-refractivity contribution in [2.24, 2.45) is 5.92 Å². The first-order chi connectivity index (χ1) is 13.6. The summed E-state index contributed by atoms with van der Waals surface area (Å²) in [6, 6.07) is 14.9. The zero-order valence-electron chi connectivity index (χ0n) is 16.0. The Hall–Kier alpha value is -2.80. The van der Waals surface area contributed by atoms with Gasteiger partial charge in [-0.2, -0.15) is 0 Å². The summed E-state index contributed by atoms with van der Waals surface area (Å²) >= 11 is 5.72. The second-order valence-electron chi connectivity index (χ2n) is 6.80. The number of nitrogens with one attached hydrogen (secondary N) is 1. The van der Waals surface area contributed by atoms with Gasteiger partial charge in [0.1, 0.15) is 17.4 Å². The number of hydrogen-bond donors (Lipinski definition) is 1. The van der Waals surface area contributed by atoms with Crippen molar-refractivity contribution in [3.63, 3.8) is 0 Å². The molecule has 7 heteroatoms. The number of anilines is 1. The predicted molar refractivity (Wildman–Crippen MR) is 110 cm³/mol. The normalized spacial score (nSPS) is 25.2. The van der Waals surface area contributed by atoms with Gasteiger partial charge in [-0.1, -0.05) is 25.1 Å². The third-order valence-corrected chi connectivity index (χ3v) is 5.80. The van der Waals surface area contributed by atoms with Crippen LogP contribution in [0.5, 0.6) is 11.5 Å². The monoisotopic (exact) mass is 398 g/mol. The zero-order chi connectivity index (χ0) is 19.9. The predicted octanol–water partition coefficient (Wildman–Crippen LogP) is 3.42. The molecule has 2 heterocycles. The van der Waals surface area contributed by atoms with Crippen LogP contribution in [0.15, 0.2) is 48.5 Å². The van der Waals surface area contributed by atoms with E-state index in [-0.39, 0.29) is 12.0 Å². The lowest BCUT2D eigenvalue weighted by Gasteiger charge is -2.56. The Bertz CT molecular complexity index is 920. The zero-order valence-corrected chi connectivity index (χ0v) is 16.8. The Balaban J connectivity index is 1.94. The Morgan fingerprint density at radius 3 is 2.64 bits per heavy atom. The third-order valence-electron chi connectivity index (χ3n) is 5.49. The summed E-state index contributed by atoms with van der Waals surface area (Å²) in [5, 5.41) is 3.86. The van der Waals surface area contributed by atoms with Crippen LogP contribution >= 0.6 is 12.2 Å². The summed E-state index contributed by atoms with van der Waals surface area (Å²) in [6.07, 6.45) is 0.533. The molecule has 0 spiro atoms. The van der Waals surface area contributed by atoms with E-state index < -0.39 is 11.6 Å². The van der Waals surface area contributed by atoms with E-state index in [2.05, 4.69) is 5.32 Å². The second-order valence-corrected chi connectivity index (χ2v) is 7.19. The molecule has 0 aromatic heterocycles. The number of esters is 1. The molecular weight excluding hydrogens is 376 g/mol. The first-order valence-corrected chi connectivity index (χ1v) is 9.57. The fraction of sp³-hybridized carbons (Fsp3) is 0.333. The largest absolute Gasteiger partial charge is 0.497 e. The molecule has 0 radical (unpaired) electrons. The fourth-order valence-electron chi connectivity index (χ4n) is 4.21.